The second-order valence-electron chi connectivity index (χ2n) is 8.25. The highest BCUT2D eigenvalue weighted by molar-refractivity contribution is 6.11. The molecule has 2 aliphatic rings. The van der Waals surface area contributed by atoms with Gasteiger partial charge in [0.05, 0.1) is 20.8 Å². The van der Waals surface area contributed by atoms with E-state index in [0.29, 0.717) is 6.04 Å². The first-order valence-corrected chi connectivity index (χ1v) is 10.1. The van der Waals surface area contributed by atoms with Crippen LogP contribution in [0.2, 0.25) is 0 Å². The zero-order chi connectivity index (χ0) is 19.4. The topological polar surface area (TPSA) is 21.7 Å². The fourth-order valence-electron chi connectivity index (χ4n) is 5.06. The minimum atomic E-state index is 0.546. The Bertz CT molecular complexity index is 1130. The Morgan fingerprint density at radius 2 is 1.68 bits per heavy atom. The number of ether oxygens (including phenoxy) is 2. The van der Waals surface area contributed by atoms with E-state index in [0.717, 1.165) is 37.4 Å². The molecular weight excluding hydrogens is 346 g/mol. The molecule has 0 aromatic heterocycles. The summed E-state index contributed by atoms with van der Waals surface area (Å²) in [7, 11) is 3.55. The minimum absolute atomic E-state index is 0.546. The molecule has 3 aromatic rings. The van der Waals surface area contributed by atoms with E-state index in [1.165, 1.54) is 43.8 Å². The molecule has 2 aliphatic heterocycles. The largest absolute Gasteiger partial charge is 0.500 e. The van der Waals surface area contributed by atoms with Crippen molar-refractivity contribution in [3.05, 3.63) is 64.4 Å². The molecule has 1 atom stereocenters. The van der Waals surface area contributed by atoms with Crippen molar-refractivity contribution in [2.75, 3.05) is 20.8 Å². The van der Waals surface area contributed by atoms with Crippen LogP contribution < -0.4 is 4.74 Å². The van der Waals surface area contributed by atoms with Crippen LogP contribution in [-0.2, 0) is 17.7 Å². The summed E-state index contributed by atoms with van der Waals surface area (Å²) in [6.07, 6.45) is 4.40. The molecule has 0 bridgehead atoms. The SMILES string of the molecule is COC1=CC[C@@H]2Cc3c(c4ccc(C)cc4c4cc(C)c(OC)cc34)CN2C1. The van der Waals surface area contributed by atoms with Gasteiger partial charge in [-0.1, -0.05) is 23.8 Å². The van der Waals surface area contributed by atoms with Gasteiger partial charge in [0, 0.05) is 12.6 Å². The normalized spacial score (nSPS) is 19.3. The van der Waals surface area contributed by atoms with E-state index in [2.05, 4.69) is 55.2 Å². The van der Waals surface area contributed by atoms with Gasteiger partial charge in [0.2, 0.25) is 0 Å². The molecule has 3 heteroatoms. The van der Waals surface area contributed by atoms with Crippen molar-refractivity contribution in [2.45, 2.75) is 39.3 Å². The molecule has 0 N–H and O–H groups in total. The maximum absolute atomic E-state index is 5.68. The summed E-state index contributed by atoms with van der Waals surface area (Å²) in [5, 5.41) is 5.46. The van der Waals surface area contributed by atoms with Crippen LogP contribution >= 0.6 is 0 Å². The van der Waals surface area contributed by atoms with Gasteiger partial charge in [-0.15, -0.1) is 0 Å². The van der Waals surface area contributed by atoms with E-state index in [9.17, 15) is 0 Å². The molecular formula is C25H27NO2. The zero-order valence-electron chi connectivity index (χ0n) is 17.1. The van der Waals surface area contributed by atoms with Crippen molar-refractivity contribution in [3.63, 3.8) is 0 Å². The summed E-state index contributed by atoms with van der Waals surface area (Å²) in [6.45, 7) is 6.20. The fourth-order valence-corrected chi connectivity index (χ4v) is 5.06. The van der Waals surface area contributed by atoms with Gasteiger partial charge in [-0.25, -0.2) is 0 Å². The Kier molecular flexibility index (Phi) is 4.09. The van der Waals surface area contributed by atoms with Crippen LogP contribution in [0.5, 0.6) is 5.75 Å². The number of benzene rings is 3. The Balaban J connectivity index is 1.79. The molecule has 0 fully saturated rings. The van der Waals surface area contributed by atoms with Crippen LogP contribution in [0.4, 0.5) is 0 Å². The predicted octanol–water partition coefficient (Wildman–Crippen LogP) is 5.28. The van der Waals surface area contributed by atoms with Crippen molar-refractivity contribution >= 4 is 21.5 Å². The molecule has 0 unspecified atom stereocenters. The number of fused-ring (bicyclic) bond motifs is 7. The number of methoxy groups -OCH3 is 2. The van der Waals surface area contributed by atoms with Gasteiger partial charge in [-0.3, -0.25) is 4.90 Å². The first-order valence-electron chi connectivity index (χ1n) is 10.1. The molecule has 3 aromatic carbocycles. The smallest absolute Gasteiger partial charge is 0.122 e. The van der Waals surface area contributed by atoms with Crippen LogP contribution in [0.3, 0.4) is 0 Å². The lowest BCUT2D eigenvalue weighted by molar-refractivity contribution is 0.134. The highest BCUT2D eigenvalue weighted by atomic mass is 16.5. The summed E-state index contributed by atoms with van der Waals surface area (Å²) in [5.41, 5.74) is 5.47. The maximum Gasteiger partial charge on any atom is 0.122 e. The first-order chi connectivity index (χ1) is 13.6. The van der Waals surface area contributed by atoms with Gasteiger partial charge in [0.15, 0.2) is 0 Å². The van der Waals surface area contributed by atoms with E-state index in [1.807, 2.05) is 0 Å². The Morgan fingerprint density at radius 1 is 0.857 bits per heavy atom. The van der Waals surface area contributed by atoms with Crippen LogP contribution in [0, 0.1) is 13.8 Å². The summed E-state index contributed by atoms with van der Waals surface area (Å²) in [5.74, 6) is 2.08. The summed E-state index contributed by atoms with van der Waals surface area (Å²) < 4.78 is 11.2. The van der Waals surface area contributed by atoms with E-state index in [-0.39, 0.29) is 0 Å². The molecule has 5 rings (SSSR count). The number of rotatable bonds is 2. The van der Waals surface area contributed by atoms with Crippen molar-refractivity contribution in [3.8, 4) is 5.75 Å². The van der Waals surface area contributed by atoms with E-state index in [1.54, 1.807) is 14.2 Å². The molecule has 0 radical (unpaired) electrons. The van der Waals surface area contributed by atoms with Crippen LogP contribution in [-0.4, -0.2) is 31.7 Å². The first kappa shape index (κ1) is 17.6. The molecule has 0 spiro atoms. The lowest BCUT2D eigenvalue weighted by Gasteiger charge is -2.40. The monoisotopic (exact) mass is 373 g/mol. The van der Waals surface area contributed by atoms with Crippen molar-refractivity contribution in [1.82, 2.24) is 4.90 Å². The van der Waals surface area contributed by atoms with Gasteiger partial charge >= 0.3 is 0 Å². The Labute approximate surface area is 166 Å². The highest BCUT2D eigenvalue weighted by Gasteiger charge is 2.31. The summed E-state index contributed by atoms with van der Waals surface area (Å²) in [6, 6.07) is 12.0. The van der Waals surface area contributed by atoms with E-state index < -0.39 is 0 Å². The maximum atomic E-state index is 5.68. The quantitative estimate of drug-likeness (QED) is 0.571. The number of nitrogens with zero attached hydrogens (tertiary/aromatic N) is 1. The van der Waals surface area contributed by atoms with Crippen molar-refractivity contribution in [1.29, 1.82) is 0 Å². The summed E-state index contributed by atoms with van der Waals surface area (Å²) in [4.78, 5) is 2.58. The van der Waals surface area contributed by atoms with E-state index in [4.69, 9.17) is 9.47 Å². The Hall–Kier alpha value is -2.52. The van der Waals surface area contributed by atoms with Gasteiger partial charge in [0.25, 0.3) is 0 Å². The molecule has 3 nitrogen and oxygen atoms in total. The predicted molar refractivity (Wildman–Crippen MR) is 115 cm³/mol. The van der Waals surface area contributed by atoms with Crippen molar-refractivity contribution < 1.29 is 9.47 Å². The minimum Gasteiger partial charge on any atom is -0.500 e. The molecule has 0 saturated carbocycles. The average molecular weight is 373 g/mol. The Morgan fingerprint density at radius 3 is 2.46 bits per heavy atom. The number of hydrogen-bond donors (Lipinski definition) is 0. The van der Waals surface area contributed by atoms with Crippen LogP contribution in [0.25, 0.3) is 21.5 Å². The third-order valence-electron chi connectivity index (χ3n) is 6.57. The van der Waals surface area contributed by atoms with E-state index >= 15 is 0 Å². The fraction of sp³-hybridized carbons (Fsp3) is 0.360. The number of aryl methyl sites for hydroxylation is 2. The van der Waals surface area contributed by atoms with Gasteiger partial charge in [-0.2, -0.15) is 0 Å². The third-order valence-corrected chi connectivity index (χ3v) is 6.57. The van der Waals surface area contributed by atoms with Gasteiger partial charge in [0.1, 0.15) is 11.5 Å². The zero-order valence-corrected chi connectivity index (χ0v) is 17.1. The molecule has 28 heavy (non-hydrogen) atoms. The molecule has 0 saturated heterocycles. The standard InChI is InChI=1S/C25H27NO2/c1-15-5-8-19-20(9-15)21-10-16(2)25(28-4)12-23(21)22-11-17-6-7-18(27-3)13-26(17)14-24(19)22/h5,7-10,12,17H,6,11,13-14H2,1-4H3/t17-/m1/s1. The average Bonchev–Trinajstić information content (AvgIpc) is 2.71. The highest BCUT2D eigenvalue weighted by Crippen LogP contribution is 2.41. The molecule has 2 heterocycles. The molecule has 144 valence electrons. The second-order valence-corrected chi connectivity index (χ2v) is 8.25. The van der Waals surface area contributed by atoms with Crippen LogP contribution in [0.1, 0.15) is 28.7 Å². The second kappa shape index (κ2) is 6.52. The lowest BCUT2D eigenvalue weighted by atomic mass is 9.82. The lowest BCUT2D eigenvalue weighted by Crippen LogP contribution is -2.43. The summed E-state index contributed by atoms with van der Waals surface area (Å²) >= 11 is 0. The molecule has 0 aliphatic carbocycles. The number of hydrogen-bond acceptors (Lipinski definition) is 3. The van der Waals surface area contributed by atoms with Crippen molar-refractivity contribution in [2.24, 2.45) is 0 Å². The third kappa shape index (κ3) is 2.61. The van der Waals surface area contributed by atoms with Gasteiger partial charge in [-0.05, 0) is 83.1 Å². The molecule has 0 amide bonds. The van der Waals surface area contributed by atoms with Crippen LogP contribution in [0.15, 0.2) is 42.2 Å². The van der Waals surface area contributed by atoms with Gasteiger partial charge < -0.3 is 9.47 Å².